The van der Waals surface area contributed by atoms with E-state index in [1.54, 1.807) is 24.4 Å². The molecule has 0 saturated heterocycles. The van der Waals surface area contributed by atoms with E-state index in [-0.39, 0.29) is 10.6 Å². The minimum atomic E-state index is -0.360. The van der Waals surface area contributed by atoms with Gasteiger partial charge >= 0.3 is 0 Å². The maximum atomic E-state index is 11.3. The van der Waals surface area contributed by atoms with Gasteiger partial charge in [-0.2, -0.15) is 0 Å². The van der Waals surface area contributed by atoms with Crippen LogP contribution >= 0.6 is 0 Å². The fraction of sp³-hybridized carbons (Fsp3) is 0.273. The molecule has 3 aromatic rings. The van der Waals surface area contributed by atoms with Crippen LogP contribution < -0.4 is 0 Å². The van der Waals surface area contributed by atoms with E-state index in [1.165, 1.54) is 6.07 Å². The van der Waals surface area contributed by atoms with Gasteiger partial charge in [-0.3, -0.25) is 10.1 Å². The molecule has 5 heteroatoms. The van der Waals surface area contributed by atoms with Crippen LogP contribution in [0.3, 0.4) is 0 Å². The van der Waals surface area contributed by atoms with E-state index in [9.17, 15) is 15.2 Å². The number of nitro benzene ring substituents is 1. The Morgan fingerprint density at radius 1 is 1.00 bits per heavy atom. The molecule has 5 nitrogen and oxygen atoms in total. The molecular weight excluding hydrogens is 340 g/mol. The molecule has 0 aliphatic heterocycles. The van der Waals surface area contributed by atoms with Crippen LogP contribution in [0.5, 0.6) is 5.75 Å². The Hall–Kier alpha value is -3.08. The zero-order valence-corrected chi connectivity index (χ0v) is 15.7. The highest BCUT2D eigenvalue weighted by Crippen LogP contribution is 2.35. The Bertz CT molecular complexity index is 933. The first kappa shape index (κ1) is 18.7. The van der Waals surface area contributed by atoms with Crippen LogP contribution in [0.2, 0.25) is 0 Å². The van der Waals surface area contributed by atoms with Gasteiger partial charge in [0.1, 0.15) is 5.75 Å². The summed E-state index contributed by atoms with van der Waals surface area (Å²) in [6, 6.07) is 12.7. The monoisotopic (exact) mass is 364 g/mol. The first-order chi connectivity index (χ1) is 13.0. The van der Waals surface area contributed by atoms with Crippen molar-refractivity contribution < 1.29 is 10.0 Å². The number of nitro groups is 1. The molecule has 140 valence electrons. The van der Waals surface area contributed by atoms with Crippen LogP contribution in [-0.2, 0) is 12.8 Å². The van der Waals surface area contributed by atoms with Gasteiger partial charge in [0, 0.05) is 23.5 Å². The van der Waals surface area contributed by atoms with Gasteiger partial charge in [-0.05, 0) is 53.8 Å². The average molecular weight is 364 g/mol. The van der Waals surface area contributed by atoms with Crippen molar-refractivity contribution in [1.29, 1.82) is 0 Å². The lowest BCUT2D eigenvalue weighted by atomic mass is 9.96. The predicted octanol–water partition coefficient (Wildman–Crippen LogP) is 5.87. The van der Waals surface area contributed by atoms with Gasteiger partial charge in [0.05, 0.1) is 10.5 Å². The zero-order valence-electron chi connectivity index (χ0n) is 15.7. The average Bonchev–Trinajstić information content (AvgIpc) is 3.15. The van der Waals surface area contributed by atoms with Crippen molar-refractivity contribution >= 4 is 5.69 Å². The lowest BCUT2D eigenvalue weighted by Crippen LogP contribution is -1.93. The van der Waals surface area contributed by atoms with Crippen molar-refractivity contribution in [2.24, 2.45) is 0 Å². The largest absolute Gasteiger partial charge is 0.507 e. The van der Waals surface area contributed by atoms with E-state index in [1.807, 2.05) is 18.2 Å². The Labute approximate surface area is 158 Å². The van der Waals surface area contributed by atoms with E-state index in [2.05, 4.69) is 18.8 Å². The number of aryl methyl sites for hydroxylation is 2. The molecule has 27 heavy (non-hydrogen) atoms. The Morgan fingerprint density at radius 3 is 2.22 bits per heavy atom. The smallest absolute Gasteiger partial charge is 0.277 e. The molecule has 0 aliphatic carbocycles. The van der Waals surface area contributed by atoms with Gasteiger partial charge in [-0.25, -0.2) is 0 Å². The molecule has 0 radical (unpaired) electrons. The number of para-hydroxylation sites is 1. The van der Waals surface area contributed by atoms with Gasteiger partial charge in [0.15, 0.2) is 0 Å². The zero-order chi connectivity index (χ0) is 19.4. The molecule has 1 aromatic heterocycles. The first-order valence-corrected chi connectivity index (χ1v) is 9.32. The molecule has 2 N–H and O–H groups in total. The number of phenols is 1. The maximum absolute atomic E-state index is 11.3. The second-order valence-corrected chi connectivity index (χ2v) is 6.72. The van der Waals surface area contributed by atoms with E-state index < -0.39 is 0 Å². The number of aromatic hydroxyl groups is 1. The van der Waals surface area contributed by atoms with E-state index in [0.29, 0.717) is 11.3 Å². The number of nitrogens with one attached hydrogen (secondary N) is 1. The minimum absolute atomic E-state index is 0.0899. The molecular formula is C22H24N2O3. The van der Waals surface area contributed by atoms with Gasteiger partial charge in [-0.15, -0.1) is 0 Å². The third kappa shape index (κ3) is 3.87. The summed E-state index contributed by atoms with van der Waals surface area (Å²) in [7, 11) is 0. The summed E-state index contributed by atoms with van der Waals surface area (Å²) in [6.45, 7) is 4.18. The summed E-state index contributed by atoms with van der Waals surface area (Å²) in [5.74, 6) is 0.396. The number of aromatic nitrogens is 1. The second-order valence-electron chi connectivity index (χ2n) is 6.72. The molecule has 0 spiro atoms. The molecule has 0 unspecified atom stereocenters. The number of hydrogen-bond donors (Lipinski definition) is 2. The van der Waals surface area contributed by atoms with Crippen molar-refractivity contribution in [3.8, 4) is 28.1 Å². The fourth-order valence-corrected chi connectivity index (χ4v) is 3.43. The van der Waals surface area contributed by atoms with Crippen molar-refractivity contribution in [2.45, 2.75) is 39.5 Å². The SMILES string of the molecule is CCCc1cc(-c2cc(-c3ccccc3[N+](=O)[O-])c[nH]2)cc(CCC)c1O. The standard InChI is InChI=1S/C22H24N2O3/c1-3-7-15-11-17(12-16(8-4-2)22(15)25)20-13-18(14-23-20)19-9-5-6-10-21(19)24(26)27/h5-6,9-14,23,25H,3-4,7-8H2,1-2H3. The summed E-state index contributed by atoms with van der Waals surface area (Å²) in [5, 5.41) is 21.8. The maximum Gasteiger partial charge on any atom is 0.277 e. The minimum Gasteiger partial charge on any atom is -0.507 e. The quantitative estimate of drug-likeness (QED) is 0.406. The number of hydrogen-bond acceptors (Lipinski definition) is 3. The third-order valence-electron chi connectivity index (χ3n) is 4.71. The normalized spacial score (nSPS) is 10.9. The van der Waals surface area contributed by atoms with Crippen LogP contribution in [0.4, 0.5) is 5.69 Å². The van der Waals surface area contributed by atoms with Gasteiger partial charge in [-0.1, -0.05) is 38.8 Å². The number of H-pyrrole nitrogens is 1. The summed E-state index contributed by atoms with van der Waals surface area (Å²) in [6.07, 6.45) is 5.33. The van der Waals surface area contributed by atoms with Gasteiger partial charge in [0.2, 0.25) is 0 Å². The predicted molar refractivity (Wildman–Crippen MR) is 108 cm³/mol. The third-order valence-corrected chi connectivity index (χ3v) is 4.71. The highest BCUT2D eigenvalue weighted by Gasteiger charge is 2.17. The summed E-state index contributed by atoms with van der Waals surface area (Å²) >= 11 is 0. The summed E-state index contributed by atoms with van der Waals surface area (Å²) in [5.41, 5.74) is 5.22. The molecule has 0 amide bonds. The topological polar surface area (TPSA) is 79.2 Å². The molecule has 3 rings (SSSR count). The van der Waals surface area contributed by atoms with Gasteiger partial charge in [0.25, 0.3) is 5.69 Å². The number of rotatable bonds is 7. The Morgan fingerprint density at radius 2 is 1.63 bits per heavy atom. The number of aromatic amines is 1. The molecule has 2 aromatic carbocycles. The van der Waals surface area contributed by atoms with Crippen molar-refractivity contribution in [1.82, 2.24) is 4.98 Å². The van der Waals surface area contributed by atoms with E-state index in [4.69, 9.17) is 0 Å². The molecule has 0 fully saturated rings. The molecule has 0 bridgehead atoms. The van der Waals surface area contributed by atoms with Crippen LogP contribution in [0.25, 0.3) is 22.4 Å². The van der Waals surface area contributed by atoms with E-state index >= 15 is 0 Å². The van der Waals surface area contributed by atoms with E-state index in [0.717, 1.165) is 53.6 Å². The lowest BCUT2D eigenvalue weighted by Gasteiger charge is -2.12. The van der Waals surface area contributed by atoms with Crippen molar-refractivity contribution in [2.75, 3.05) is 0 Å². The molecule has 0 aliphatic rings. The molecule has 0 saturated carbocycles. The Balaban J connectivity index is 2.05. The van der Waals surface area contributed by atoms with Crippen LogP contribution in [0, 0.1) is 10.1 Å². The van der Waals surface area contributed by atoms with Crippen molar-refractivity contribution in [3.05, 3.63) is 69.9 Å². The molecule has 0 atom stereocenters. The second kappa shape index (κ2) is 8.08. The first-order valence-electron chi connectivity index (χ1n) is 9.32. The number of nitrogens with zero attached hydrogens (tertiary/aromatic N) is 1. The van der Waals surface area contributed by atoms with Gasteiger partial charge < -0.3 is 10.1 Å². The van der Waals surface area contributed by atoms with Crippen LogP contribution in [0.1, 0.15) is 37.8 Å². The van der Waals surface area contributed by atoms with Crippen molar-refractivity contribution in [3.63, 3.8) is 0 Å². The Kier molecular flexibility index (Phi) is 5.60. The number of benzene rings is 2. The van der Waals surface area contributed by atoms with Crippen LogP contribution in [0.15, 0.2) is 48.7 Å². The molecule has 1 heterocycles. The summed E-state index contributed by atoms with van der Waals surface area (Å²) < 4.78 is 0. The highest BCUT2D eigenvalue weighted by molar-refractivity contribution is 5.78. The summed E-state index contributed by atoms with van der Waals surface area (Å²) in [4.78, 5) is 14.2. The highest BCUT2D eigenvalue weighted by atomic mass is 16.6. The van der Waals surface area contributed by atoms with Crippen LogP contribution in [-0.4, -0.2) is 15.0 Å². The number of phenolic OH excluding ortho intramolecular Hbond substituents is 1. The lowest BCUT2D eigenvalue weighted by molar-refractivity contribution is -0.384. The fourth-order valence-electron chi connectivity index (χ4n) is 3.43.